The van der Waals surface area contributed by atoms with Crippen LogP contribution in [0.1, 0.15) is 26.2 Å². The van der Waals surface area contributed by atoms with Crippen LogP contribution in [0.3, 0.4) is 0 Å². The number of piperidine rings is 1. The van der Waals surface area contributed by atoms with Gasteiger partial charge in [-0.15, -0.1) is 0 Å². The predicted molar refractivity (Wildman–Crippen MR) is 64.1 cm³/mol. The van der Waals surface area contributed by atoms with Gasteiger partial charge in [0.05, 0.1) is 25.3 Å². The van der Waals surface area contributed by atoms with E-state index in [0.29, 0.717) is 0 Å². The quantitative estimate of drug-likeness (QED) is 0.647. The van der Waals surface area contributed by atoms with Gasteiger partial charge in [-0.05, 0) is 26.3 Å². The van der Waals surface area contributed by atoms with Gasteiger partial charge in [0.15, 0.2) is 0 Å². The van der Waals surface area contributed by atoms with Gasteiger partial charge in [-0.2, -0.15) is 0 Å². The van der Waals surface area contributed by atoms with Crippen LogP contribution in [0.2, 0.25) is 0 Å². The third kappa shape index (κ3) is 2.49. The molecule has 2 aliphatic rings. The van der Waals surface area contributed by atoms with E-state index in [9.17, 15) is 14.7 Å². The number of carboxylic acids is 1. The second kappa shape index (κ2) is 5.24. The molecule has 2 heterocycles. The second-order valence-electron chi connectivity index (χ2n) is 5.30. The maximum Gasteiger partial charge on any atom is 0.313 e. The van der Waals surface area contributed by atoms with E-state index in [1.807, 2.05) is 0 Å². The summed E-state index contributed by atoms with van der Waals surface area (Å²) in [5.74, 6) is -1.04. The maximum absolute atomic E-state index is 12.0. The van der Waals surface area contributed by atoms with Gasteiger partial charge in [-0.1, -0.05) is 6.42 Å². The van der Waals surface area contributed by atoms with Crippen molar-refractivity contribution in [3.63, 3.8) is 0 Å². The minimum Gasteiger partial charge on any atom is -0.481 e. The molecule has 6 heteroatoms. The smallest absolute Gasteiger partial charge is 0.313 e. The summed E-state index contributed by atoms with van der Waals surface area (Å²) in [4.78, 5) is 23.3. The molecule has 0 saturated carbocycles. The first-order valence-corrected chi connectivity index (χ1v) is 6.39. The van der Waals surface area contributed by atoms with Crippen LogP contribution in [-0.4, -0.2) is 48.8 Å². The third-order valence-electron chi connectivity index (χ3n) is 3.89. The molecular formula is C12H20N2O4. The summed E-state index contributed by atoms with van der Waals surface area (Å²) in [6.45, 7) is 2.86. The molecule has 3 atom stereocenters. The number of carbonyl (C=O) groups is 2. The van der Waals surface area contributed by atoms with E-state index in [2.05, 4.69) is 10.6 Å². The molecule has 102 valence electrons. The fraction of sp³-hybridized carbons (Fsp3) is 0.833. The van der Waals surface area contributed by atoms with Crippen molar-refractivity contribution in [2.75, 3.05) is 19.8 Å². The Morgan fingerprint density at radius 1 is 1.44 bits per heavy atom. The standard InChI is InChI=1S/C12H20N2O4/c1-12(11(16)17)7-18-6-9(12)14-10(15)8-4-2-3-5-13-8/h8-9,13H,2-7H2,1H3,(H,14,15)(H,16,17)/t8-,9?,12?/m0/s1. The highest BCUT2D eigenvalue weighted by Crippen LogP contribution is 2.28. The summed E-state index contributed by atoms with van der Waals surface area (Å²) in [6, 6.07) is -0.649. The number of rotatable bonds is 3. The highest BCUT2D eigenvalue weighted by Gasteiger charge is 2.47. The Morgan fingerprint density at radius 3 is 2.83 bits per heavy atom. The number of aliphatic carboxylic acids is 1. The van der Waals surface area contributed by atoms with E-state index in [1.54, 1.807) is 6.92 Å². The molecule has 2 aliphatic heterocycles. The normalized spacial score (nSPS) is 36.3. The highest BCUT2D eigenvalue weighted by molar-refractivity contribution is 5.84. The highest BCUT2D eigenvalue weighted by atomic mass is 16.5. The van der Waals surface area contributed by atoms with Crippen molar-refractivity contribution in [1.29, 1.82) is 0 Å². The zero-order chi connectivity index (χ0) is 13.2. The van der Waals surface area contributed by atoms with Crippen molar-refractivity contribution in [3.05, 3.63) is 0 Å². The number of amides is 1. The SMILES string of the molecule is CC1(C(=O)O)COCC1NC(=O)[C@@H]1CCCCN1. The zero-order valence-electron chi connectivity index (χ0n) is 10.6. The van der Waals surface area contributed by atoms with Crippen molar-refractivity contribution in [3.8, 4) is 0 Å². The average Bonchev–Trinajstić information content (AvgIpc) is 2.73. The molecule has 0 aromatic carbocycles. The minimum atomic E-state index is -1.02. The van der Waals surface area contributed by atoms with Gasteiger partial charge < -0.3 is 20.5 Å². The van der Waals surface area contributed by atoms with Crippen LogP contribution >= 0.6 is 0 Å². The number of hydrogen-bond acceptors (Lipinski definition) is 4. The van der Waals surface area contributed by atoms with E-state index in [-0.39, 0.29) is 25.2 Å². The van der Waals surface area contributed by atoms with Crippen LogP contribution in [0.25, 0.3) is 0 Å². The second-order valence-corrected chi connectivity index (χ2v) is 5.30. The number of ether oxygens (including phenoxy) is 1. The van der Waals surface area contributed by atoms with Gasteiger partial charge in [0.1, 0.15) is 5.41 Å². The van der Waals surface area contributed by atoms with Crippen LogP contribution in [0.15, 0.2) is 0 Å². The van der Waals surface area contributed by atoms with Crippen molar-refractivity contribution >= 4 is 11.9 Å². The van der Waals surface area contributed by atoms with Gasteiger partial charge in [0.25, 0.3) is 0 Å². The molecule has 18 heavy (non-hydrogen) atoms. The first-order chi connectivity index (χ1) is 8.54. The molecular weight excluding hydrogens is 236 g/mol. The lowest BCUT2D eigenvalue weighted by Crippen LogP contribution is -2.55. The summed E-state index contributed by atoms with van der Waals surface area (Å²) < 4.78 is 5.21. The van der Waals surface area contributed by atoms with Crippen LogP contribution in [0, 0.1) is 5.41 Å². The Morgan fingerprint density at radius 2 is 2.22 bits per heavy atom. The Balaban J connectivity index is 1.95. The zero-order valence-corrected chi connectivity index (χ0v) is 10.6. The molecule has 3 N–H and O–H groups in total. The largest absolute Gasteiger partial charge is 0.481 e. The van der Waals surface area contributed by atoms with Gasteiger partial charge >= 0.3 is 5.97 Å². The van der Waals surface area contributed by atoms with E-state index in [0.717, 1.165) is 25.8 Å². The number of nitrogens with one attached hydrogen (secondary N) is 2. The molecule has 2 fully saturated rings. The molecule has 1 amide bonds. The average molecular weight is 256 g/mol. The Labute approximate surface area is 106 Å². The topological polar surface area (TPSA) is 87.7 Å². The maximum atomic E-state index is 12.0. The molecule has 0 aromatic heterocycles. The molecule has 0 spiro atoms. The van der Waals surface area contributed by atoms with Gasteiger partial charge in [0.2, 0.25) is 5.91 Å². The first kappa shape index (κ1) is 13.3. The third-order valence-corrected chi connectivity index (χ3v) is 3.89. The van der Waals surface area contributed by atoms with Crippen LogP contribution < -0.4 is 10.6 Å². The Bertz CT molecular complexity index is 341. The van der Waals surface area contributed by atoms with Crippen LogP contribution in [0.5, 0.6) is 0 Å². The van der Waals surface area contributed by atoms with E-state index in [1.165, 1.54) is 0 Å². The molecule has 6 nitrogen and oxygen atoms in total. The summed E-state index contributed by atoms with van der Waals surface area (Å²) in [7, 11) is 0. The lowest BCUT2D eigenvalue weighted by molar-refractivity contribution is -0.149. The first-order valence-electron chi connectivity index (χ1n) is 6.39. The van der Waals surface area contributed by atoms with Crippen molar-refractivity contribution in [1.82, 2.24) is 10.6 Å². The van der Waals surface area contributed by atoms with Gasteiger partial charge in [-0.3, -0.25) is 9.59 Å². The van der Waals surface area contributed by atoms with E-state index in [4.69, 9.17) is 4.74 Å². The molecule has 0 radical (unpaired) electrons. The summed E-state index contributed by atoms with van der Waals surface area (Å²) in [5, 5.41) is 15.2. The summed E-state index contributed by atoms with van der Waals surface area (Å²) in [5.41, 5.74) is -1.02. The molecule has 0 bridgehead atoms. The molecule has 2 rings (SSSR count). The van der Waals surface area contributed by atoms with E-state index >= 15 is 0 Å². The Kier molecular flexibility index (Phi) is 3.87. The van der Waals surface area contributed by atoms with Gasteiger partial charge in [-0.25, -0.2) is 0 Å². The Hall–Kier alpha value is -1.14. The van der Waals surface area contributed by atoms with Crippen LogP contribution in [0.4, 0.5) is 0 Å². The van der Waals surface area contributed by atoms with Crippen LogP contribution in [-0.2, 0) is 14.3 Å². The van der Waals surface area contributed by atoms with Crippen molar-refractivity contribution in [2.24, 2.45) is 5.41 Å². The predicted octanol–water partition coefficient (Wildman–Crippen LogP) is -0.266. The minimum absolute atomic E-state index is 0.113. The summed E-state index contributed by atoms with van der Waals surface area (Å²) >= 11 is 0. The van der Waals surface area contributed by atoms with Crippen molar-refractivity contribution in [2.45, 2.75) is 38.3 Å². The number of carbonyl (C=O) groups excluding carboxylic acids is 1. The molecule has 2 unspecified atom stereocenters. The lowest BCUT2D eigenvalue weighted by Gasteiger charge is -2.29. The fourth-order valence-electron chi connectivity index (χ4n) is 2.43. The molecule has 0 aromatic rings. The lowest BCUT2D eigenvalue weighted by atomic mass is 9.85. The summed E-state index contributed by atoms with van der Waals surface area (Å²) in [6.07, 6.45) is 2.93. The van der Waals surface area contributed by atoms with Gasteiger partial charge in [0, 0.05) is 0 Å². The monoisotopic (exact) mass is 256 g/mol. The fourth-order valence-corrected chi connectivity index (χ4v) is 2.43. The number of carboxylic acid groups (broad SMARTS) is 1. The molecule has 2 saturated heterocycles. The number of hydrogen-bond donors (Lipinski definition) is 3. The molecule has 0 aliphatic carbocycles. The van der Waals surface area contributed by atoms with Crippen molar-refractivity contribution < 1.29 is 19.4 Å². The van der Waals surface area contributed by atoms with E-state index < -0.39 is 17.4 Å².